The monoisotopic (exact) mass is 283 g/mol. The molecule has 3 rings (SSSR count). The second-order valence-corrected chi connectivity index (χ2v) is 11.9. The number of rotatable bonds is 4. The van der Waals surface area contributed by atoms with Crippen LogP contribution in [0.25, 0.3) is 10.9 Å². The van der Waals surface area contributed by atoms with Gasteiger partial charge in [0.05, 0.1) is 14.3 Å². The van der Waals surface area contributed by atoms with E-state index in [4.69, 9.17) is 4.42 Å². The molecule has 0 aliphatic rings. The Morgan fingerprint density at radius 1 is 1.10 bits per heavy atom. The Morgan fingerprint density at radius 3 is 2.60 bits per heavy atom. The molecule has 1 aromatic carbocycles. The Hall–Kier alpha value is -1.74. The molecule has 2 nitrogen and oxygen atoms in total. The molecule has 2 heterocycles. The van der Waals surface area contributed by atoms with Crippen molar-refractivity contribution in [2.75, 3.05) is 0 Å². The first-order valence-corrected chi connectivity index (χ1v) is 10.7. The standard InChI is InChI=1S/C17H21NOSi/c1-20(2,3)17(11-13-7-6-10-19-13)15-12-18-16-9-5-4-8-14(15)16/h4-10,12,17-18H,11H2,1-3H3. The predicted octanol–water partition coefficient (Wildman–Crippen LogP) is 4.96. The lowest BCUT2D eigenvalue weighted by molar-refractivity contribution is 0.504. The third kappa shape index (κ3) is 2.46. The van der Waals surface area contributed by atoms with Crippen LogP contribution in [0.5, 0.6) is 0 Å². The summed E-state index contributed by atoms with van der Waals surface area (Å²) in [6.45, 7) is 7.30. The molecule has 1 unspecified atom stereocenters. The fourth-order valence-corrected chi connectivity index (χ4v) is 4.88. The van der Waals surface area contributed by atoms with Gasteiger partial charge in [0.25, 0.3) is 0 Å². The van der Waals surface area contributed by atoms with Gasteiger partial charge in [0.2, 0.25) is 0 Å². The molecule has 104 valence electrons. The van der Waals surface area contributed by atoms with Crippen LogP contribution < -0.4 is 0 Å². The minimum atomic E-state index is -1.34. The van der Waals surface area contributed by atoms with Crippen LogP contribution in [0.2, 0.25) is 19.6 Å². The second-order valence-electron chi connectivity index (χ2n) is 6.49. The van der Waals surface area contributed by atoms with Gasteiger partial charge in [0.15, 0.2) is 0 Å². The van der Waals surface area contributed by atoms with E-state index in [-0.39, 0.29) is 0 Å². The van der Waals surface area contributed by atoms with Gasteiger partial charge < -0.3 is 9.40 Å². The summed E-state index contributed by atoms with van der Waals surface area (Å²) in [5.74, 6) is 1.09. The van der Waals surface area contributed by atoms with E-state index in [1.54, 1.807) is 6.26 Å². The topological polar surface area (TPSA) is 28.9 Å². The fraction of sp³-hybridized carbons (Fsp3) is 0.294. The maximum atomic E-state index is 5.58. The maximum absolute atomic E-state index is 5.58. The molecular formula is C17H21NOSi. The Bertz CT molecular complexity index is 691. The molecule has 0 radical (unpaired) electrons. The van der Waals surface area contributed by atoms with E-state index in [1.165, 1.54) is 16.5 Å². The number of para-hydroxylation sites is 1. The molecule has 3 heteroatoms. The molecule has 0 bridgehead atoms. The molecule has 0 amide bonds. The van der Waals surface area contributed by atoms with E-state index >= 15 is 0 Å². The van der Waals surface area contributed by atoms with Crippen LogP contribution in [-0.4, -0.2) is 13.1 Å². The molecule has 1 N–H and O–H groups in total. The van der Waals surface area contributed by atoms with E-state index in [2.05, 4.69) is 61.2 Å². The van der Waals surface area contributed by atoms with Gasteiger partial charge in [-0.05, 0) is 29.3 Å². The van der Waals surface area contributed by atoms with Crippen LogP contribution in [0.15, 0.2) is 53.3 Å². The van der Waals surface area contributed by atoms with E-state index in [0.29, 0.717) is 5.54 Å². The van der Waals surface area contributed by atoms with Crippen molar-refractivity contribution in [3.05, 3.63) is 60.2 Å². The lowest BCUT2D eigenvalue weighted by Gasteiger charge is -2.28. The minimum absolute atomic E-state index is 0.560. The third-order valence-corrected chi connectivity index (χ3v) is 6.63. The summed E-state index contributed by atoms with van der Waals surface area (Å²) >= 11 is 0. The third-order valence-electron chi connectivity index (χ3n) is 4.03. The summed E-state index contributed by atoms with van der Waals surface area (Å²) in [5, 5.41) is 1.35. The lowest BCUT2D eigenvalue weighted by atomic mass is 10.1. The average Bonchev–Trinajstić information content (AvgIpc) is 3.04. The van der Waals surface area contributed by atoms with E-state index in [1.807, 2.05) is 6.07 Å². The number of H-pyrrole nitrogens is 1. The molecule has 0 aliphatic heterocycles. The number of nitrogens with one attached hydrogen (secondary N) is 1. The van der Waals surface area contributed by atoms with Crippen LogP contribution in [-0.2, 0) is 6.42 Å². The van der Waals surface area contributed by atoms with Crippen LogP contribution in [0.1, 0.15) is 16.9 Å². The average molecular weight is 283 g/mol. The van der Waals surface area contributed by atoms with Crippen molar-refractivity contribution in [3.8, 4) is 0 Å². The molecule has 0 saturated heterocycles. The van der Waals surface area contributed by atoms with E-state index < -0.39 is 8.07 Å². The summed E-state index contributed by atoms with van der Waals surface area (Å²) in [5.41, 5.74) is 3.23. The second kappa shape index (κ2) is 4.98. The molecule has 1 atom stereocenters. The SMILES string of the molecule is C[Si](C)(C)C(Cc1ccco1)c1c[nH]c2ccccc12. The quantitative estimate of drug-likeness (QED) is 0.673. The number of furan rings is 1. The van der Waals surface area contributed by atoms with E-state index in [9.17, 15) is 0 Å². The number of hydrogen-bond acceptors (Lipinski definition) is 1. The maximum Gasteiger partial charge on any atom is 0.104 e. The first-order valence-electron chi connectivity index (χ1n) is 7.14. The number of aromatic nitrogens is 1. The zero-order valence-corrected chi connectivity index (χ0v) is 13.3. The Morgan fingerprint density at radius 2 is 1.90 bits per heavy atom. The highest BCUT2D eigenvalue weighted by Gasteiger charge is 2.30. The van der Waals surface area contributed by atoms with Crippen molar-refractivity contribution in [1.29, 1.82) is 0 Å². The zero-order valence-electron chi connectivity index (χ0n) is 12.3. The van der Waals surface area contributed by atoms with Gasteiger partial charge in [0.1, 0.15) is 5.76 Å². The van der Waals surface area contributed by atoms with Crippen LogP contribution in [0, 0.1) is 0 Å². The summed E-state index contributed by atoms with van der Waals surface area (Å²) in [4.78, 5) is 3.41. The molecule has 2 aromatic heterocycles. The van der Waals surface area contributed by atoms with Gasteiger partial charge in [-0.15, -0.1) is 0 Å². The van der Waals surface area contributed by atoms with Crippen molar-refractivity contribution in [2.45, 2.75) is 31.6 Å². The van der Waals surface area contributed by atoms with Gasteiger partial charge in [-0.25, -0.2) is 0 Å². The Kier molecular flexibility index (Phi) is 3.30. The summed E-state index contributed by atoms with van der Waals surface area (Å²) in [6.07, 6.45) is 4.95. The van der Waals surface area contributed by atoms with Gasteiger partial charge in [-0.3, -0.25) is 0 Å². The van der Waals surface area contributed by atoms with Gasteiger partial charge in [0, 0.05) is 23.5 Å². The highest BCUT2D eigenvalue weighted by molar-refractivity contribution is 6.77. The molecule has 0 saturated carbocycles. The molecule has 3 aromatic rings. The Labute approximate surface area is 120 Å². The minimum Gasteiger partial charge on any atom is -0.469 e. The van der Waals surface area contributed by atoms with Crippen molar-refractivity contribution >= 4 is 19.0 Å². The summed E-state index contributed by atoms with van der Waals surface area (Å²) < 4.78 is 5.58. The highest BCUT2D eigenvalue weighted by atomic mass is 28.3. The van der Waals surface area contributed by atoms with Crippen molar-refractivity contribution < 1.29 is 4.42 Å². The van der Waals surface area contributed by atoms with Crippen molar-refractivity contribution in [2.24, 2.45) is 0 Å². The smallest absolute Gasteiger partial charge is 0.104 e. The molecule has 0 spiro atoms. The lowest BCUT2D eigenvalue weighted by Crippen LogP contribution is -2.32. The van der Waals surface area contributed by atoms with Gasteiger partial charge in [-0.1, -0.05) is 37.8 Å². The largest absolute Gasteiger partial charge is 0.469 e. The first-order chi connectivity index (χ1) is 9.55. The molecule has 0 fully saturated rings. The van der Waals surface area contributed by atoms with Crippen LogP contribution >= 0.6 is 0 Å². The van der Waals surface area contributed by atoms with Crippen molar-refractivity contribution in [1.82, 2.24) is 4.98 Å². The number of benzene rings is 1. The van der Waals surface area contributed by atoms with Gasteiger partial charge in [-0.2, -0.15) is 0 Å². The highest BCUT2D eigenvalue weighted by Crippen LogP contribution is 2.35. The molecular weight excluding hydrogens is 262 g/mol. The van der Waals surface area contributed by atoms with Gasteiger partial charge >= 0.3 is 0 Å². The Balaban J connectivity index is 2.05. The number of aromatic amines is 1. The number of fused-ring (bicyclic) bond motifs is 1. The van der Waals surface area contributed by atoms with Crippen LogP contribution in [0.3, 0.4) is 0 Å². The molecule has 0 aliphatic carbocycles. The van der Waals surface area contributed by atoms with Crippen LogP contribution in [0.4, 0.5) is 0 Å². The first kappa shape index (κ1) is 13.2. The van der Waals surface area contributed by atoms with Crippen molar-refractivity contribution in [3.63, 3.8) is 0 Å². The summed E-state index contributed by atoms with van der Waals surface area (Å²) in [6, 6.07) is 12.6. The number of hydrogen-bond donors (Lipinski definition) is 1. The zero-order chi connectivity index (χ0) is 14.2. The normalized spacial score (nSPS) is 13.8. The van der Waals surface area contributed by atoms with E-state index in [0.717, 1.165) is 12.2 Å². The fourth-order valence-electron chi connectivity index (χ4n) is 2.89. The predicted molar refractivity (Wildman–Crippen MR) is 86.8 cm³/mol. The molecule has 20 heavy (non-hydrogen) atoms. The summed E-state index contributed by atoms with van der Waals surface area (Å²) in [7, 11) is -1.34.